The third kappa shape index (κ3) is 3.77. The zero-order valence-corrected chi connectivity index (χ0v) is 17.1. The Labute approximate surface area is 178 Å². The minimum atomic E-state index is 0.0154. The number of hydrogen-bond donors (Lipinski definition) is 3. The second kappa shape index (κ2) is 8.02. The van der Waals surface area contributed by atoms with Gasteiger partial charge in [0.25, 0.3) is 0 Å². The summed E-state index contributed by atoms with van der Waals surface area (Å²) in [5, 5.41) is 12.7. The van der Waals surface area contributed by atoms with E-state index >= 15 is 0 Å². The van der Waals surface area contributed by atoms with Crippen molar-refractivity contribution in [3.8, 4) is 22.5 Å². The summed E-state index contributed by atoms with van der Waals surface area (Å²) >= 11 is 0. The number of fused-ring (bicyclic) bond motifs is 2. The van der Waals surface area contributed by atoms with E-state index in [0.29, 0.717) is 12.1 Å². The summed E-state index contributed by atoms with van der Waals surface area (Å²) in [4.78, 5) is 24.0. The first-order chi connectivity index (χ1) is 15.2. The van der Waals surface area contributed by atoms with Crippen molar-refractivity contribution in [2.75, 3.05) is 5.32 Å². The number of nitrogens with one attached hydrogen (secondary N) is 3. The van der Waals surface area contributed by atoms with E-state index in [9.17, 15) is 4.79 Å². The molecule has 0 radical (unpaired) electrons. The Kier molecular flexibility index (Phi) is 4.92. The average molecular weight is 410 g/mol. The molecule has 5 aromatic rings. The third-order valence-corrected chi connectivity index (χ3v) is 5.35. The number of benzene rings is 1. The van der Waals surface area contributed by atoms with Crippen LogP contribution in [0.2, 0.25) is 0 Å². The lowest BCUT2D eigenvalue weighted by Gasteiger charge is -2.07. The number of unbranched alkanes of at least 4 members (excludes halogenated alkanes) is 1. The molecule has 7 heteroatoms. The fraction of sp³-hybridized carbons (Fsp3) is 0.167. The molecular weight excluding hydrogens is 388 g/mol. The predicted molar refractivity (Wildman–Crippen MR) is 123 cm³/mol. The van der Waals surface area contributed by atoms with Crippen LogP contribution in [0.4, 0.5) is 5.69 Å². The number of anilines is 1. The topological polar surface area (TPSA) is 99.3 Å². The van der Waals surface area contributed by atoms with E-state index in [-0.39, 0.29) is 5.91 Å². The monoisotopic (exact) mass is 410 g/mol. The Morgan fingerprint density at radius 2 is 1.94 bits per heavy atom. The molecule has 0 saturated heterocycles. The number of rotatable bonds is 6. The molecule has 0 spiro atoms. The van der Waals surface area contributed by atoms with Crippen LogP contribution >= 0.6 is 0 Å². The summed E-state index contributed by atoms with van der Waals surface area (Å²) in [6.07, 6.45) is 9.46. The van der Waals surface area contributed by atoms with E-state index < -0.39 is 0 Å². The molecule has 4 heterocycles. The molecule has 0 aliphatic heterocycles. The van der Waals surface area contributed by atoms with Gasteiger partial charge in [-0.25, -0.2) is 0 Å². The van der Waals surface area contributed by atoms with Gasteiger partial charge in [-0.2, -0.15) is 5.10 Å². The molecule has 31 heavy (non-hydrogen) atoms. The standard InChI is InChI=1S/C24H22N6O/c1-2-3-4-23(31)27-18-9-17(12-26-13-18)15-5-6-20-19(10-15)24(30-29-20)21-11-16-7-8-25-14-22(16)28-21/h5-14,28H,2-4H2,1H3,(H,27,31)(H,29,30). The Bertz CT molecular complexity index is 1350. The highest BCUT2D eigenvalue weighted by atomic mass is 16.1. The van der Waals surface area contributed by atoms with E-state index in [2.05, 4.69) is 49.5 Å². The minimum Gasteiger partial charge on any atom is -0.352 e. The van der Waals surface area contributed by atoms with Crippen LogP contribution in [0.25, 0.3) is 44.3 Å². The maximum absolute atomic E-state index is 12.1. The van der Waals surface area contributed by atoms with Crippen molar-refractivity contribution >= 4 is 33.4 Å². The van der Waals surface area contributed by atoms with Crippen LogP contribution in [-0.2, 0) is 4.79 Å². The van der Waals surface area contributed by atoms with E-state index in [4.69, 9.17) is 0 Å². The molecule has 1 amide bonds. The van der Waals surface area contributed by atoms with Gasteiger partial charge in [-0.1, -0.05) is 19.4 Å². The average Bonchev–Trinajstić information content (AvgIpc) is 3.41. The molecule has 0 aliphatic rings. The molecule has 4 aromatic heterocycles. The van der Waals surface area contributed by atoms with Crippen LogP contribution in [-0.4, -0.2) is 31.1 Å². The Morgan fingerprint density at radius 3 is 2.81 bits per heavy atom. The second-order valence-electron chi connectivity index (χ2n) is 7.59. The Hall–Kier alpha value is -4.00. The zero-order valence-electron chi connectivity index (χ0n) is 17.1. The van der Waals surface area contributed by atoms with E-state index in [1.807, 2.05) is 30.5 Å². The summed E-state index contributed by atoms with van der Waals surface area (Å²) in [5.74, 6) is 0.0154. The smallest absolute Gasteiger partial charge is 0.224 e. The number of H-pyrrole nitrogens is 2. The van der Waals surface area contributed by atoms with Crippen molar-refractivity contribution in [2.24, 2.45) is 0 Å². The van der Waals surface area contributed by atoms with Crippen LogP contribution < -0.4 is 5.32 Å². The summed E-state index contributed by atoms with van der Waals surface area (Å²) in [6, 6.07) is 12.1. The normalized spacial score (nSPS) is 11.3. The van der Waals surface area contributed by atoms with Gasteiger partial charge in [0, 0.05) is 35.2 Å². The summed E-state index contributed by atoms with van der Waals surface area (Å²) in [5.41, 5.74) is 6.35. The van der Waals surface area contributed by atoms with Crippen molar-refractivity contribution in [1.82, 2.24) is 25.1 Å². The maximum Gasteiger partial charge on any atom is 0.224 e. The van der Waals surface area contributed by atoms with Gasteiger partial charge in [-0.15, -0.1) is 0 Å². The highest BCUT2D eigenvalue weighted by Crippen LogP contribution is 2.32. The number of aromatic amines is 2. The van der Waals surface area contributed by atoms with Gasteiger partial charge < -0.3 is 10.3 Å². The van der Waals surface area contributed by atoms with Crippen LogP contribution in [0.1, 0.15) is 26.2 Å². The minimum absolute atomic E-state index is 0.0154. The van der Waals surface area contributed by atoms with Crippen molar-refractivity contribution < 1.29 is 4.79 Å². The van der Waals surface area contributed by atoms with E-state index in [0.717, 1.165) is 57.2 Å². The molecule has 0 atom stereocenters. The number of hydrogen-bond acceptors (Lipinski definition) is 4. The molecule has 0 saturated carbocycles. The van der Waals surface area contributed by atoms with Crippen molar-refractivity contribution in [3.63, 3.8) is 0 Å². The van der Waals surface area contributed by atoms with Crippen LogP contribution in [0.5, 0.6) is 0 Å². The van der Waals surface area contributed by atoms with Crippen molar-refractivity contribution in [3.05, 3.63) is 61.2 Å². The van der Waals surface area contributed by atoms with Crippen molar-refractivity contribution in [2.45, 2.75) is 26.2 Å². The lowest BCUT2D eigenvalue weighted by molar-refractivity contribution is -0.116. The van der Waals surface area contributed by atoms with Crippen molar-refractivity contribution in [1.29, 1.82) is 0 Å². The van der Waals surface area contributed by atoms with Gasteiger partial charge in [-0.3, -0.25) is 19.9 Å². The van der Waals surface area contributed by atoms with Gasteiger partial charge in [0.2, 0.25) is 5.91 Å². The molecule has 0 aliphatic carbocycles. The summed E-state index contributed by atoms with van der Waals surface area (Å²) < 4.78 is 0. The van der Waals surface area contributed by atoms with E-state index in [1.54, 1.807) is 18.6 Å². The third-order valence-electron chi connectivity index (χ3n) is 5.35. The quantitative estimate of drug-likeness (QED) is 0.354. The van der Waals surface area contributed by atoms with Gasteiger partial charge in [0.05, 0.1) is 34.8 Å². The first kappa shape index (κ1) is 19.0. The number of nitrogens with zero attached hydrogens (tertiary/aromatic N) is 3. The zero-order chi connectivity index (χ0) is 21.2. The molecule has 1 aromatic carbocycles. The number of pyridine rings is 2. The van der Waals surface area contributed by atoms with Gasteiger partial charge in [-0.05, 0) is 42.3 Å². The van der Waals surface area contributed by atoms with Gasteiger partial charge >= 0.3 is 0 Å². The fourth-order valence-corrected chi connectivity index (χ4v) is 3.73. The molecular formula is C24H22N6O. The fourth-order valence-electron chi connectivity index (χ4n) is 3.73. The Morgan fingerprint density at radius 1 is 1.00 bits per heavy atom. The largest absolute Gasteiger partial charge is 0.352 e. The highest BCUT2D eigenvalue weighted by Gasteiger charge is 2.13. The molecule has 7 nitrogen and oxygen atoms in total. The van der Waals surface area contributed by atoms with E-state index in [1.165, 1.54) is 0 Å². The number of aromatic nitrogens is 5. The van der Waals surface area contributed by atoms with Crippen LogP contribution in [0, 0.1) is 0 Å². The molecule has 5 rings (SSSR count). The van der Waals surface area contributed by atoms with Crippen LogP contribution in [0.3, 0.4) is 0 Å². The number of carbonyl (C=O) groups excluding carboxylic acids is 1. The highest BCUT2D eigenvalue weighted by molar-refractivity contribution is 5.98. The molecule has 0 fully saturated rings. The molecule has 0 unspecified atom stereocenters. The lowest BCUT2D eigenvalue weighted by Crippen LogP contribution is -2.11. The summed E-state index contributed by atoms with van der Waals surface area (Å²) in [6.45, 7) is 2.07. The van der Waals surface area contributed by atoms with Gasteiger partial charge in [0.1, 0.15) is 5.69 Å². The predicted octanol–water partition coefficient (Wildman–Crippen LogP) is 5.30. The maximum atomic E-state index is 12.1. The molecule has 0 bridgehead atoms. The number of carbonyl (C=O) groups is 1. The second-order valence-corrected chi connectivity index (χ2v) is 7.59. The SMILES string of the molecule is CCCCC(=O)Nc1cncc(-c2ccc3[nH]nc(-c4cc5ccncc5[nH]4)c3c2)c1. The Balaban J connectivity index is 1.49. The number of amides is 1. The van der Waals surface area contributed by atoms with Gasteiger partial charge in [0.15, 0.2) is 0 Å². The molecule has 154 valence electrons. The molecule has 3 N–H and O–H groups in total. The first-order valence-electron chi connectivity index (χ1n) is 10.4. The first-order valence-corrected chi connectivity index (χ1v) is 10.4. The summed E-state index contributed by atoms with van der Waals surface area (Å²) in [7, 11) is 0. The van der Waals surface area contributed by atoms with Crippen LogP contribution in [0.15, 0.2) is 61.2 Å². The lowest BCUT2D eigenvalue weighted by atomic mass is 10.0.